The SMILES string of the molecule is C[NH+](C)Cc1ccc(CNC(=O)CCNC(=O)c2ccc(Cl)cc2)cc1. The second-order valence-corrected chi connectivity index (χ2v) is 6.93. The third-order valence-electron chi connectivity index (χ3n) is 3.81. The summed E-state index contributed by atoms with van der Waals surface area (Å²) in [6, 6.07) is 14.9. The van der Waals surface area contributed by atoms with E-state index in [9.17, 15) is 9.59 Å². The Bertz CT molecular complexity index is 728. The van der Waals surface area contributed by atoms with Crippen LogP contribution < -0.4 is 15.5 Å². The van der Waals surface area contributed by atoms with Gasteiger partial charge in [0.1, 0.15) is 6.54 Å². The van der Waals surface area contributed by atoms with E-state index in [2.05, 4.69) is 36.9 Å². The van der Waals surface area contributed by atoms with Crippen LogP contribution in [0.15, 0.2) is 48.5 Å². The van der Waals surface area contributed by atoms with Gasteiger partial charge in [-0.3, -0.25) is 9.59 Å². The molecule has 0 fully saturated rings. The molecule has 138 valence electrons. The summed E-state index contributed by atoms with van der Waals surface area (Å²) in [4.78, 5) is 25.2. The zero-order valence-electron chi connectivity index (χ0n) is 15.1. The van der Waals surface area contributed by atoms with Crippen molar-refractivity contribution >= 4 is 23.4 Å². The Balaban J connectivity index is 1.68. The van der Waals surface area contributed by atoms with E-state index in [1.807, 2.05) is 12.1 Å². The predicted octanol–water partition coefficient (Wildman–Crippen LogP) is 1.42. The summed E-state index contributed by atoms with van der Waals surface area (Å²) < 4.78 is 0. The maximum Gasteiger partial charge on any atom is 0.251 e. The number of halogens is 1. The molecule has 2 rings (SSSR count). The minimum atomic E-state index is -0.215. The van der Waals surface area contributed by atoms with Gasteiger partial charge in [0.05, 0.1) is 14.1 Å². The highest BCUT2D eigenvalue weighted by Crippen LogP contribution is 2.09. The number of quaternary nitrogens is 1. The van der Waals surface area contributed by atoms with Gasteiger partial charge in [0.2, 0.25) is 5.91 Å². The zero-order chi connectivity index (χ0) is 18.9. The average molecular weight is 375 g/mol. The fourth-order valence-electron chi connectivity index (χ4n) is 2.47. The summed E-state index contributed by atoms with van der Waals surface area (Å²) in [5.41, 5.74) is 2.85. The van der Waals surface area contributed by atoms with E-state index in [1.165, 1.54) is 10.5 Å². The third-order valence-corrected chi connectivity index (χ3v) is 4.07. The van der Waals surface area contributed by atoms with Crippen LogP contribution >= 0.6 is 11.6 Å². The number of carbonyl (C=O) groups excluding carboxylic acids is 2. The van der Waals surface area contributed by atoms with Gasteiger partial charge in [0, 0.05) is 35.7 Å². The summed E-state index contributed by atoms with van der Waals surface area (Å²) in [6.45, 7) is 1.75. The number of rotatable bonds is 8. The minimum Gasteiger partial charge on any atom is -0.352 e. The average Bonchev–Trinajstić information content (AvgIpc) is 2.61. The molecule has 5 nitrogen and oxygen atoms in total. The summed E-state index contributed by atoms with van der Waals surface area (Å²) in [5, 5.41) is 6.18. The Labute approximate surface area is 159 Å². The van der Waals surface area contributed by atoms with E-state index >= 15 is 0 Å². The van der Waals surface area contributed by atoms with Crippen LogP contribution in [0.25, 0.3) is 0 Å². The summed E-state index contributed by atoms with van der Waals surface area (Å²) in [5.74, 6) is -0.309. The molecule has 26 heavy (non-hydrogen) atoms. The molecule has 0 atom stereocenters. The topological polar surface area (TPSA) is 62.6 Å². The van der Waals surface area contributed by atoms with Crippen LogP contribution in [0.1, 0.15) is 27.9 Å². The molecule has 0 aliphatic rings. The van der Waals surface area contributed by atoms with Gasteiger partial charge < -0.3 is 15.5 Å². The molecule has 0 spiro atoms. The van der Waals surface area contributed by atoms with Gasteiger partial charge in [0.25, 0.3) is 5.91 Å². The molecule has 0 saturated carbocycles. The monoisotopic (exact) mass is 374 g/mol. The number of hydrogen-bond acceptors (Lipinski definition) is 2. The largest absolute Gasteiger partial charge is 0.352 e. The first-order valence-corrected chi connectivity index (χ1v) is 8.99. The van der Waals surface area contributed by atoms with Gasteiger partial charge >= 0.3 is 0 Å². The Morgan fingerprint density at radius 1 is 0.923 bits per heavy atom. The molecule has 2 amide bonds. The Kier molecular flexibility index (Phi) is 7.63. The van der Waals surface area contributed by atoms with Crippen molar-refractivity contribution in [3.8, 4) is 0 Å². The molecule has 0 heterocycles. The molecule has 0 aliphatic carbocycles. The van der Waals surface area contributed by atoms with E-state index < -0.39 is 0 Å². The first kappa shape index (κ1) is 19.9. The quantitative estimate of drug-likeness (QED) is 0.654. The predicted molar refractivity (Wildman–Crippen MR) is 103 cm³/mol. The van der Waals surface area contributed by atoms with Crippen LogP contribution in [0.3, 0.4) is 0 Å². The maximum absolute atomic E-state index is 11.9. The summed E-state index contributed by atoms with van der Waals surface area (Å²) in [7, 11) is 4.22. The van der Waals surface area contributed by atoms with Crippen molar-refractivity contribution in [3.05, 3.63) is 70.2 Å². The molecule has 6 heteroatoms. The van der Waals surface area contributed by atoms with E-state index in [-0.39, 0.29) is 24.8 Å². The van der Waals surface area contributed by atoms with Crippen molar-refractivity contribution in [3.63, 3.8) is 0 Å². The molecule has 2 aromatic rings. The number of nitrogens with one attached hydrogen (secondary N) is 3. The molecular formula is C20H25ClN3O2+. The van der Waals surface area contributed by atoms with E-state index in [0.717, 1.165) is 12.1 Å². The van der Waals surface area contributed by atoms with E-state index in [4.69, 9.17) is 11.6 Å². The van der Waals surface area contributed by atoms with Gasteiger partial charge in [-0.25, -0.2) is 0 Å². The lowest BCUT2D eigenvalue weighted by Crippen LogP contribution is -3.04. The number of hydrogen-bond donors (Lipinski definition) is 3. The number of amides is 2. The number of benzene rings is 2. The third kappa shape index (κ3) is 6.86. The smallest absolute Gasteiger partial charge is 0.251 e. The lowest BCUT2D eigenvalue weighted by atomic mass is 10.1. The molecule has 2 aromatic carbocycles. The molecule has 0 unspecified atom stereocenters. The van der Waals surface area contributed by atoms with Gasteiger partial charge in [0.15, 0.2) is 0 Å². The highest BCUT2D eigenvalue weighted by molar-refractivity contribution is 6.30. The van der Waals surface area contributed by atoms with Crippen molar-refractivity contribution < 1.29 is 14.5 Å². The van der Waals surface area contributed by atoms with Crippen molar-refractivity contribution in [1.82, 2.24) is 10.6 Å². The Hall–Kier alpha value is -2.37. The molecular weight excluding hydrogens is 350 g/mol. The molecule has 0 bridgehead atoms. The molecule has 0 saturated heterocycles. The molecule has 0 aromatic heterocycles. The van der Waals surface area contributed by atoms with Gasteiger partial charge in [-0.05, 0) is 29.8 Å². The van der Waals surface area contributed by atoms with Crippen LogP contribution in [0.4, 0.5) is 0 Å². The van der Waals surface area contributed by atoms with Crippen LogP contribution in [0.2, 0.25) is 5.02 Å². The summed E-state index contributed by atoms with van der Waals surface area (Å²) >= 11 is 5.79. The zero-order valence-corrected chi connectivity index (χ0v) is 15.9. The Morgan fingerprint density at radius 3 is 2.15 bits per heavy atom. The van der Waals surface area contributed by atoms with Crippen LogP contribution in [0.5, 0.6) is 0 Å². The lowest BCUT2D eigenvalue weighted by molar-refractivity contribution is -0.872. The van der Waals surface area contributed by atoms with Crippen molar-refractivity contribution in [2.45, 2.75) is 19.5 Å². The molecule has 3 N–H and O–H groups in total. The maximum atomic E-state index is 11.9. The van der Waals surface area contributed by atoms with Crippen molar-refractivity contribution in [2.24, 2.45) is 0 Å². The first-order valence-electron chi connectivity index (χ1n) is 8.61. The highest BCUT2D eigenvalue weighted by atomic mass is 35.5. The van der Waals surface area contributed by atoms with Gasteiger partial charge in [-0.1, -0.05) is 35.9 Å². The van der Waals surface area contributed by atoms with Crippen molar-refractivity contribution in [1.29, 1.82) is 0 Å². The molecule has 0 radical (unpaired) electrons. The Morgan fingerprint density at radius 2 is 1.54 bits per heavy atom. The fourth-order valence-corrected chi connectivity index (χ4v) is 2.59. The van der Waals surface area contributed by atoms with Gasteiger partial charge in [-0.2, -0.15) is 0 Å². The van der Waals surface area contributed by atoms with Gasteiger partial charge in [-0.15, -0.1) is 0 Å². The fraction of sp³-hybridized carbons (Fsp3) is 0.300. The molecule has 0 aliphatic heterocycles. The second-order valence-electron chi connectivity index (χ2n) is 6.49. The van der Waals surface area contributed by atoms with Crippen LogP contribution in [0, 0.1) is 0 Å². The normalized spacial score (nSPS) is 10.6. The standard InChI is InChI=1S/C20H24ClN3O2/c1-24(2)14-16-5-3-15(4-6-16)13-23-19(25)11-12-22-20(26)17-7-9-18(21)10-8-17/h3-10H,11-14H2,1-2H3,(H,22,26)(H,23,25)/p+1. The second kappa shape index (κ2) is 9.94. The lowest BCUT2D eigenvalue weighted by Gasteiger charge is -2.09. The summed E-state index contributed by atoms with van der Waals surface area (Å²) in [6.07, 6.45) is 0.238. The van der Waals surface area contributed by atoms with E-state index in [1.54, 1.807) is 24.3 Å². The minimum absolute atomic E-state index is 0.0942. The van der Waals surface area contributed by atoms with E-state index in [0.29, 0.717) is 17.1 Å². The van der Waals surface area contributed by atoms with Crippen molar-refractivity contribution in [2.75, 3.05) is 20.6 Å². The van der Waals surface area contributed by atoms with Crippen LogP contribution in [-0.2, 0) is 17.9 Å². The highest BCUT2D eigenvalue weighted by Gasteiger charge is 2.07. The van der Waals surface area contributed by atoms with Crippen LogP contribution in [-0.4, -0.2) is 32.5 Å². The number of carbonyl (C=O) groups is 2. The first-order chi connectivity index (χ1) is 12.4.